The molecule has 4 heteroatoms. The summed E-state index contributed by atoms with van der Waals surface area (Å²) in [5.41, 5.74) is 3.16. The van der Waals surface area contributed by atoms with Gasteiger partial charge in [-0.2, -0.15) is 0 Å². The first-order valence-corrected chi connectivity index (χ1v) is 8.95. The number of aliphatic hydroxyl groups is 1. The number of nitrogens with zero attached hydrogens (tertiary/aromatic N) is 2. The summed E-state index contributed by atoms with van der Waals surface area (Å²) in [6.07, 6.45) is 8.46. The number of hydrogen-bond donors (Lipinski definition) is 1. The molecular formula is C16H26N2OS. The van der Waals surface area contributed by atoms with E-state index in [4.69, 9.17) is 0 Å². The van der Waals surface area contributed by atoms with Crippen LogP contribution in [-0.2, 0) is 6.42 Å². The lowest BCUT2D eigenvalue weighted by Crippen LogP contribution is -2.47. The summed E-state index contributed by atoms with van der Waals surface area (Å²) in [6, 6.07) is 0.620. The summed E-state index contributed by atoms with van der Waals surface area (Å²) in [4.78, 5) is 8.44. The molecule has 0 aromatic carbocycles. The lowest BCUT2D eigenvalue weighted by atomic mass is 9.87. The van der Waals surface area contributed by atoms with Gasteiger partial charge in [0.15, 0.2) is 0 Å². The molecule has 1 aliphatic heterocycles. The van der Waals surface area contributed by atoms with Crippen LogP contribution in [0.2, 0.25) is 0 Å². The molecule has 1 aliphatic carbocycles. The number of hydrogen-bond acceptors (Lipinski definition) is 4. The van der Waals surface area contributed by atoms with Gasteiger partial charge in [0.05, 0.1) is 17.3 Å². The molecule has 1 saturated carbocycles. The fourth-order valence-corrected chi connectivity index (χ4v) is 4.78. The van der Waals surface area contributed by atoms with Crippen LogP contribution < -0.4 is 0 Å². The van der Waals surface area contributed by atoms with Crippen LogP contribution >= 0.6 is 11.3 Å². The molecule has 1 N–H and O–H groups in total. The topological polar surface area (TPSA) is 36.4 Å². The van der Waals surface area contributed by atoms with E-state index >= 15 is 0 Å². The lowest BCUT2D eigenvalue weighted by Gasteiger charge is -2.40. The van der Waals surface area contributed by atoms with Crippen molar-refractivity contribution in [3.63, 3.8) is 0 Å². The van der Waals surface area contributed by atoms with Gasteiger partial charge in [-0.3, -0.25) is 4.90 Å². The average molecular weight is 294 g/mol. The second kappa shape index (κ2) is 6.54. The highest BCUT2D eigenvalue weighted by atomic mass is 32.1. The predicted octanol–water partition coefficient (Wildman–Crippen LogP) is 3.01. The van der Waals surface area contributed by atoms with Crippen molar-refractivity contribution in [1.82, 2.24) is 9.88 Å². The van der Waals surface area contributed by atoms with Crippen LogP contribution in [0.1, 0.15) is 49.1 Å². The molecule has 0 radical (unpaired) electrons. The van der Waals surface area contributed by atoms with Gasteiger partial charge in [-0.1, -0.05) is 12.8 Å². The molecule has 2 aliphatic rings. The first kappa shape index (κ1) is 14.5. The number of piperidine rings is 1. The Balaban J connectivity index is 1.62. The molecule has 1 aromatic heterocycles. The van der Waals surface area contributed by atoms with Gasteiger partial charge in [-0.25, -0.2) is 4.98 Å². The number of likely N-dealkylation sites (tertiary alicyclic amines) is 1. The van der Waals surface area contributed by atoms with Gasteiger partial charge in [-0.15, -0.1) is 11.3 Å². The predicted molar refractivity (Wildman–Crippen MR) is 83.1 cm³/mol. The van der Waals surface area contributed by atoms with Crippen molar-refractivity contribution < 1.29 is 5.11 Å². The van der Waals surface area contributed by atoms with Crippen LogP contribution in [0.5, 0.6) is 0 Å². The maximum Gasteiger partial charge on any atom is 0.0797 e. The van der Waals surface area contributed by atoms with Crippen LogP contribution in [-0.4, -0.2) is 40.2 Å². The summed E-state index contributed by atoms with van der Waals surface area (Å²) in [5, 5.41) is 10.2. The van der Waals surface area contributed by atoms with Gasteiger partial charge in [0.2, 0.25) is 0 Å². The average Bonchev–Trinajstić information content (AvgIpc) is 3.06. The molecule has 3 unspecified atom stereocenters. The van der Waals surface area contributed by atoms with E-state index in [1.165, 1.54) is 49.2 Å². The van der Waals surface area contributed by atoms with Gasteiger partial charge < -0.3 is 5.11 Å². The second-order valence-corrected chi connectivity index (χ2v) is 7.31. The lowest BCUT2D eigenvalue weighted by molar-refractivity contribution is 0.0362. The summed E-state index contributed by atoms with van der Waals surface area (Å²) >= 11 is 1.78. The second-order valence-electron chi connectivity index (χ2n) is 6.37. The summed E-state index contributed by atoms with van der Waals surface area (Å²) < 4.78 is 0. The highest BCUT2D eigenvalue weighted by molar-refractivity contribution is 7.09. The van der Waals surface area contributed by atoms with E-state index in [0.29, 0.717) is 12.0 Å². The van der Waals surface area contributed by atoms with Crippen LogP contribution in [0.3, 0.4) is 0 Å². The van der Waals surface area contributed by atoms with E-state index in [-0.39, 0.29) is 6.10 Å². The minimum atomic E-state index is -0.0502. The number of thiazole rings is 1. The Morgan fingerprint density at radius 2 is 2.20 bits per heavy atom. The van der Waals surface area contributed by atoms with Crippen molar-refractivity contribution in [3.05, 3.63) is 16.1 Å². The van der Waals surface area contributed by atoms with Crippen molar-refractivity contribution in [2.75, 3.05) is 13.1 Å². The Kier molecular flexibility index (Phi) is 4.74. The normalized spacial score (nSPS) is 31.8. The molecular weight excluding hydrogens is 268 g/mol. The van der Waals surface area contributed by atoms with Gasteiger partial charge in [-0.05, 0) is 45.6 Å². The molecule has 20 heavy (non-hydrogen) atoms. The van der Waals surface area contributed by atoms with Crippen molar-refractivity contribution >= 4 is 11.3 Å². The molecule has 3 rings (SSSR count). The summed E-state index contributed by atoms with van der Waals surface area (Å²) in [7, 11) is 0. The van der Waals surface area contributed by atoms with Crippen molar-refractivity contribution in [2.45, 2.75) is 64.0 Å². The van der Waals surface area contributed by atoms with Gasteiger partial charge >= 0.3 is 0 Å². The van der Waals surface area contributed by atoms with Crippen molar-refractivity contribution in [3.8, 4) is 0 Å². The van der Waals surface area contributed by atoms with Gasteiger partial charge in [0, 0.05) is 23.4 Å². The van der Waals surface area contributed by atoms with E-state index in [9.17, 15) is 5.11 Å². The Bertz CT molecular complexity index is 434. The van der Waals surface area contributed by atoms with Crippen LogP contribution in [0.15, 0.2) is 5.51 Å². The number of aromatic nitrogens is 1. The largest absolute Gasteiger partial charge is 0.393 e. The first-order chi connectivity index (χ1) is 9.75. The monoisotopic (exact) mass is 294 g/mol. The molecule has 3 nitrogen and oxygen atoms in total. The maximum absolute atomic E-state index is 10.2. The third kappa shape index (κ3) is 3.07. The molecule has 1 saturated heterocycles. The van der Waals surface area contributed by atoms with Crippen molar-refractivity contribution in [2.24, 2.45) is 5.92 Å². The highest BCUT2D eigenvalue weighted by Gasteiger charge is 2.36. The summed E-state index contributed by atoms with van der Waals surface area (Å²) in [6.45, 7) is 4.46. The van der Waals surface area contributed by atoms with Crippen LogP contribution in [0, 0.1) is 12.8 Å². The number of aryl methyl sites for hydroxylation is 1. The molecule has 1 aromatic rings. The van der Waals surface area contributed by atoms with E-state index < -0.39 is 0 Å². The molecule has 112 valence electrons. The molecule has 2 fully saturated rings. The minimum absolute atomic E-state index is 0.0502. The standard InChI is InChI=1S/C16H26N2OS/c1-12-16(20-11-17-12)8-10-18-9-3-2-6-14(18)13-5-4-7-15(13)19/h11,13-15,19H,2-10H2,1H3. The quantitative estimate of drug-likeness (QED) is 0.927. The fraction of sp³-hybridized carbons (Fsp3) is 0.812. The highest BCUT2D eigenvalue weighted by Crippen LogP contribution is 2.35. The SMILES string of the molecule is Cc1ncsc1CCN1CCCCC1C1CCCC1O. The van der Waals surface area contributed by atoms with E-state index in [1.807, 2.05) is 5.51 Å². The van der Waals surface area contributed by atoms with Crippen LogP contribution in [0.25, 0.3) is 0 Å². The molecule has 0 bridgehead atoms. The zero-order chi connectivity index (χ0) is 13.9. The number of aliphatic hydroxyl groups excluding tert-OH is 1. The van der Waals surface area contributed by atoms with E-state index in [0.717, 1.165) is 19.4 Å². The molecule has 3 atom stereocenters. The zero-order valence-electron chi connectivity index (χ0n) is 12.4. The van der Waals surface area contributed by atoms with Gasteiger partial charge in [0.25, 0.3) is 0 Å². The van der Waals surface area contributed by atoms with Gasteiger partial charge in [0.1, 0.15) is 0 Å². The minimum Gasteiger partial charge on any atom is -0.393 e. The fourth-order valence-electron chi connectivity index (χ4n) is 4.01. The van der Waals surface area contributed by atoms with Crippen LogP contribution in [0.4, 0.5) is 0 Å². The number of rotatable bonds is 4. The molecule has 0 amide bonds. The Labute approximate surface area is 126 Å². The molecule has 0 spiro atoms. The smallest absolute Gasteiger partial charge is 0.0797 e. The Morgan fingerprint density at radius 1 is 1.30 bits per heavy atom. The van der Waals surface area contributed by atoms with Crippen molar-refractivity contribution in [1.29, 1.82) is 0 Å². The molecule has 2 heterocycles. The zero-order valence-corrected chi connectivity index (χ0v) is 13.2. The first-order valence-electron chi connectivity index (χ1n) is 8.07. The third-order valence-corrected chi connectivity index (χ3v) is 6.16. The maximum atomic E-state index is 10.2. The Morgan fingerprint density at radius 3 is 2.90 bits per heavy atom. The summed E-state index contributed by atoms with van der Waals surface area (Å²) in [5.74, 6) is 0.526. The van der Waals surface area contributed by atoms with E-state index in [1.54, 1.807) is 11.3 Å². The third-order valence-electron chi connectivity index (χ3n) is 5.16. The Hall–Kier alpha value is -0.450. The van der Waals surface area contributed by atoms with E-state index in [2.05, 4.69) is 16.8 Å².